The summed E-state index contributed by atoms with van der Waals surface area (Å²) in [6, 6.07) is 9.35. The van der Waals surface area contributed by atoms with Gasteiger partial charge in [-0.05, 0) is 38.1 Å². The topological polar surface area (TPSA) is 54.4 Å². The number of rotatable bonds is 2. The van der Waals surface area contributed by atoms with Gasteiger partial charge in [-0.15, -0.1) is 0 Å². The molecule has 1 aromatic heterocycles. The third kappa shape index (κ3) is 2.21. The maximum absolute atomic E-state index is 9.44. The summed E-state index contributed by atoms with van der Waals surface area (Å²) in [5.74, 6) is 0.975. The number of benzene rings is 1. The number of nitrogens with zero attached hydrogens (tertiary/aromatic N) is 1. The zero-order chi connectivity index (χ0) is 13.4. The summed E-state index contributed by atoms with van der Waals surface area (Å²) >= 11 is 0. The van der Waals surface area contributed by atoms with E-state index in [0.717, 1.165) is 28.4 Å². The highest BCUT2D eigenvalue weighted by atomic mass is 16.5. The molecule has 4 heteroatoms. The Bertz CT molecular complexity index is 626. The first-order valence-electron chi connectivity index (χ1n) is 6.30. The third-order valence-electron chi connectivity index (χ3n) is 3.33. The number of phenolic OH excluding ortho intramolecular Hbond substituents is 1. The summed E-state index contributed by atoms with van der Waals surface area (Å²) in [5, 5.41) is 12.9. The molecule has 0 bridgehead atoms. The van der Waals surface area contributed by atoms with Gasteiger partial charge in [0.15, 0.2) is 0 Å². The van der Waals surface area contributed by atoms with Gasteiger partial charge < -0.3 is 15.2 Å². The van der Waals surface area contributed by atoms with E-state index >= 15 is 0 Å². The van der Waals surface area contributed by atoms with Gasteiger partial charge in [-0.2, -0.15) is 0 Å². The largest absolute Gasteiger partial charge is 0.508 e. The highest BCUT2D eigenvalue weighted by molar-refractivity contribution is 5.53. The van der Waals surface area contributed by atoms with E-state index in [4.69, 9.17) is 4.74 Å². The zero-order valence-corrected chi connectivity index (χ0v) is 11.0. The SMILES string of the molecule is Cc1ccc(NC2COc3cc(O)ccc32)c(C)n1. The van der Waals surface area contributed by atoms with Crippen LogP contribution < -0.4 is 10.1 Å². The first kappa shape index (κ1) is 11.8. The van der Waals surface area contributed by atoms with Crippen LogP contribution in [0.1, 0.15) is 23.0 Å². The fourth-order valence-corrected chi connectivity index (χ4v) is 2.35. The predicted molar refractivity (Wildman–Crippen MR) is 73.7 cm³/mol. The number of hydrogen-bond acceptors (Lipinski definition) is 4. The maximum Gasteiger partial charge on any atom is 0.128 e. The molecule has 2 heterocycles. The number of hydrogen-bond donors (Lipinski definition) is 2. The zero-order valence-electron chi connectivity index (χ0n) is 11.0. The molecule has 1 unspecified atom stereocenters. The van der Waals surface area contributed by atoms with Crippen molar-refractivity contribution in [2.24, 2.45) is 0 Å². The fourth-order valence-electron chi connectivity index (χ4n) is 2.35. The fraction of sp³-hybridized carbons (Fsp3) is 0.267. The molecule has 19 heavy (non-hydrogen) atoms. The molecule has 0 fully saturated rings. The smallest absolute Gasteiger partial charge is 0.128 e. The summed E-state index contributed by atoms with van der Waals surface area (Å²) in [6.07, 6.45) is 0. The Labute approximate surface area is 112 Å². The van der Waals surface area contributed by atoms with Gasteiger partial charge in [0.1, 0.15) is 18.1 Å². The molecule has 98 valence electrons. The number of aryl methyl sites for hydroxylation is 2. The van der Waals surface area contributed by atoms with E-state index in [1.165, 1.54) is 0 Å². The van der Waals surface area contributed by atoms with Crippen LogP contribution in [0, 0.1) is 13.8 Å². The van der Waals surface area contributed by atoms with Crippen molar-refractivity contribution < 1.29 is 9.84 Å². The Balaban J connectivity index is 1.86. The van der Waals surface area contributed by atoms with Gasteiger partial charge in [0.25, 0.3) is 0 Å². The van der Waals surface area contributed by atoms with E-state index in [-0.39, 0.29) is 11.8 Å². The molecule has 2 aromatic rings. The molecule has 1 atom stereocenters. The second-order valence-electron chi connectivity index (χ2n) is 4.82. The van der Waals surface area contributed by atoms with Gasteiger partial charge in [-0.3, -0.25) is 4.98 Å². The van der Waals surface area contributed by atoms with Crippen LogP contribution in [0.5, 0.6) is 11.5 Å². The van der Waals surface area contributed by atoms with Gasteiger partial charge >= 0.3 is 0 Å². The van der Waals surface area contributed by atoms with E-state index < -0.39 is 0 Å². The van der Waals surface area contributed by atoms with E-state index in [1.54, 1.807) is 12.1 Å². The summed E-state index contributed by atoms with van der Waals surface area (Å²) in [7, 11) is 0. The van der Waals surface area contributed by atoms with Gasteiger partial charge in [-0.1, -0.05) is 0 Å². The van der Waals surface area contributed by atoms with Crippen LogP contribution in [0.25, 0.3) is 0 Å². The van der Waals surface area contributed by atoms with Crippen LogP contribution in [-0.2, 0) is 0 Å². The van der Waals surface area contributed by atoms with Crippen molar-refractivity contribution in [1.82, 2.24) is 4.98 Å². The number of pyridine rings is 1. The first-order valence-corrected chi connectivity index (χ1v) is 6.30. The number of ether oxygens (including phenoxy) is 1. The van der Waals surface area contributed by atoms with Crippen molar-refractivity contribution in [3.8, 4) is 11.5 Å². The lowest BCUT2D eigenvalue weighted by Gasteiger charge is -2.15. The minimum atomic E-state index is 0.0961. The van der Waals surface area contributed by atoms with Crippen molar-refractivity contribution in [2.75, 3.05) is 11.9 Å². The quantitative estimate of drug-likeness (QED) is 0.867. The minimum Gasteiger partial charge on any atom is -0.508 e. The maximum atomic E-state index is 9.44. The van der Waals surface area contributed by atoms with Crippen molar-refractivity contribution in [1.29, 1.82) is 0 Å². The lowest BCUT2D eigenvalue weighted by atomic mass is 10.1. The summed E-state index contributed by atoms with van der Waals surface area (Å²) in [5.41, 5.74) is 4.07. The van der Waals surface area contributed by atoms with Crippen molar-refractivity contribution in [3.05, 3.63) is 47.3 Å². The van der Waals surface area contributed by atoms with E-state index in [0.29, 0.717) is 6.61 Å². The van der Waals surface area contributed by atoms with Crippen LogP contribution in [-0.4, -0.2) is 16.7 Å². The summed E-state index contributed by atoms with van der Waals surface area (Å²) in [6.45, 7) is 4.53. The molecular weight excluding hydrogens is 240 g/mol. The van der Waals surface area contributed by atoms with Crippen LogP contribution >= 0.6 is 0 Å². The van der Waals surface area contributed by atoms with E-state index in [2.05, 4.69) is 10.3 Å². The molecule has 0 spiro atoms. The molecule has 0 amide bonds. The minimum absolute atomic E-state index is 0.0961. The molecule has 1 aromatic carbocycles. The van der Waals surface area contributed by atoms with Crippen molar-refractivity contribution in [2.45, 2.75) is 19.9 Å². The number of nitrogens with one attached hydrogen (secondary N) is 1. The second-order valence-corrected chi connectivity index (χ2v) is 4.82. The van der Waals surface area contributed by atoms with Gasteiger partial charge in [-0.25, -0.2) is 0 Å². The molecule has 4 nitrogen and oxygen atoms in total. The number of aromatic hydroxyl groups is 1. The highest BCUT2D eigenvalue weighted by Gasteiger charge is 2.24. The van der Waals surface area contributed by atoms with Gasteiger partial charge in [0.05, 0.1) is 17.4 Å². The summed E-state index contributed by atoms with van der Waals surface area (Å²) in [4.78, 5) is 4.44. The van der Waals surface area contributed by atoms with Crippen LogP contribution in [0.3, 0.4) is 0 Å². The normalized spacial score (nSPS) is 16.8. The molecule has 0 saturated carbocycles. The molecular formula is C15H16N2O2. The second kappa shape index (κ2) is 4.46. The average Bonchev–Trinajstić information content (AvgIpc) is 2.75. The Morgan fingerprint density at radius 3 is 2.89 bits per heavy atom. The number of phenols is 1. The molecule has 1 aliphatic rings. The Morgan fingerprint density at radius 1 is 1.26 bits per heavy atom. The van der Waals surface area contributed by atoms with Crippen LogP contribution in [0.2, 0.25) is 0 Å². The van der Waals surface area contributed by atoms with Crippen LogP contribution in [0.4, 0.5) is 5.69 Å². The monoisotopic (exact) mass is 256 g/mol. The molecule has 0 radical (unpaired) electrons. The third-order valence-corrected chi connectivity index (χ3v) is 3.33. The standard InChI is InChI=1S/C15H16N2O2/c1-9-3-6-13(10(2)16-9)17-14-8-19-15-7-11(18)4-5-12(14)15/h3-7,14,17-18H,8H2,1-2H3. The predicted octanol–water partition coefficient (Wildman–Crippen LogP) is 2.95. The Kier molecular flexibility index (Phi) is 2.78. The van der Waals surface area contributed by atoms with E-state index in [1.807, 2.05) is 32.0 Å². The van der Waals surface area contributed by atoms with Crippen molar-refractivity contribution >= 4 is 5.69 Å². The summed E-state index contributed by atoms with van der Waals surface area (Å²) < 4.78 is 5.58. The van der Waals surface area contributed by atoms with Crippen molar-refractivity contribution in [3.63, 3.8) is 0 Å². The lowest BCUT2D eigenvalue weighted by Crippen LogP contribution is -2.13. The molecule has 1 aliphatic heterocycles. The lowest BCUT2D eigenvalue weighted by molar-refractivity contribution is 0.338. The Hall–Kier alpha value is -2.23. The first-order chi connectivity index (χ1) is 9.13. The van der Waals surface area contributed by atoms with Crippen LogP contribution in [0.15, 0.2) is 30.3 Å². The highest BCUT2D eigenvalue weighted by Crippen LogP contribution is 2.36. The number of anilines is 1. The van der Waals surface area contributed by atoms with Gasteiger partial charge in [0, 0.05) is 17.3 Å². The average molecular weight is 256 g/mol. The van der Waals surface area contributed by atoms with E-state index in [9.17, 15) is 5.11 Å². The molecule has 3 rings (SSSR count). The molecule has 2 N–H and O–H groups in total. The molecule has 0 aliphatic carbocycles. The van der Waals surface area contributed by atoms with Gasteiger partial charge in [0.2, 0.25) is 0 Å². The number of aromatic nitrogens is 1. The number of fused-ring (bicyclic) bond motifs is 1. The molecule has 0 saturated heterocycles. The Morgan fingerprint density at radius 2 is 2.11 bits per heavy atom.